The Morgan fingerprint density at radius 3 is 2.20 bits per heavy atom. The zero-order valence-corrected chi connectivity index (χ0v) is 19.4. The first kappa shape index (κ1) is 22.3. The number of fused-ring (bicyclic) bond motifs is 1. The number of benzene rings is 3. The van der Waals surface area contributed by atoms with Gasteiger partial charge in [0.1, 0.15) is 28.6 Å². The maximum atomic E-state index is 15.2. The number of methoxy groups -OCH3 is 3. The van der Waals surface area contributed by atoms with Gasteiger partial charge in [0.25, 0.3) is 0 Å². The van der Waals surface area contributed by atoms with Crippen molar-refractivity contribution in [2.75, 3.05) is 21.3 Å². The quantitative estimate of drug-likeness (QED) is 0.252. The summed E-state index contributed by atoms with van der Waals surface area (Å²) in [6.45, 7) is 0. The van der Waals surface area contributed by atoms with E-state index in [9.17, 15) is 0 Å². The number of pyridine rings is 1. The van der Waals surface area contributed by atoms with Crippen molar-refractivity contribution in [2.45, 2.75) is 0 Å². The summed E-state index contributed by atoms with van der Waals surface area (Å²) >= 11 is 0. The summed E-state index contributed by atoms with van der Waals surface area (Å²) in [7, 11) is 4.64. The lowest BCUT2D eigenvalue weighted by Crippen LogP contribution is -1.95. The van der Waals surface area contributed by atoms with Crippen LogP contribution in [0.25, 0.3) is 33.6 Å². The number of para-hydroxylation sites is 1. The van der Waals surface area contributed by atoms with Gasteiger partial charge in [-0.3, -0.25) is 4.98 Å². The first-order valence-electron chi connectivity index (χ1n) is 10.8. The third kappa shape index (κ3) is 4.12. The first-order valence-corrected chi connectivity index (χ1v) is 10.8. The molecule has 0 N–H and O–H groups in total. The Balaban J connectivity index is 1.65. The number of furan rings is 1. The topological polar surface area (TPSA) is 63.0 Å². The van der Waals surface area contributed by atoms with Crippen molar-refractivity contribution in [2.24, 2.45) is 0 Å². The van der Waals surface area contributed by atoms with E-state index < -0.39 is 5.82 Å². The zero-order valence-electron chi connectivity index (χ0n) is 19.4. The van der Waals surface area contributed by atoms with Crippen LogP contribution in [0.15, 0.2) is 83.4 Å². The van der Waals surface area contributed by atoms with Gasteiger partial charge in [0.2, 0.25) is 5.75 Å². The van der Waals surface area contributed by atoms with Crippen LogP contribution in [0.2, 0.25) is 0 Å². The van der Waals surface area contributed by atoms with Gasteiger partial charge in [0.15, 0.2) is 17.1 Å². The van der Waals surface area contributed by atoms with E-state index in [1.807, 2.05) is 30.3 Å². The number of hydrogen-bond acceptors (Lipinski definition) is 6. The van der Waals surface area contributed by atoms with Gasteiger partial charge in [0.05, 0.1) is 26.9 Å². The molecule has 176 valence electrons. The molecule has 5 aromatic rings. The number of aromatic nitrogens is 1. The third-order valence-electron chi connectivity index (χ3n) is 5.58. The van der Waals surface area contributed by atoms with Gasteiger partial charge in [0, 0.05) is 23.4 Å². The van der Waals surface area contributed by atoms with Crippen LogP contribution >= 0.6 is 0 Å². The molecule has 0 amide bonds. The van der Waals surface area contributed by atoms with Crippen molar-refractivity contribution in [3.63, 3.8) is 0 Å². The van der Waals surface area contributed by atoms with Crippen LogP contribution in [-0.4, -0.2) is 26.3 Å². The highest BCUT2D eigenvalue weighted by atomic mass is 19.1. The molecule has 0 spiro atoms. The molecule has 0 aliphatic heterocycles. The van der Waals surface area contributed by atoms with E-state index in [1.54, 1.807) is 63.9 Å². The summed E-state index contributed by atoms with van der Waals surface area (Å²) in [5, 5.41) is 0. The Kier molecular flexibility index (Phi) is 5.97. The van der Waals surface area contributed by atoms with Gasteiger partial charge in [-0.2, -0.15) is 0 Å². The molecule has 0 saturated carbocycles. The summed E-state index contributed by atoms with van der Waals surface area (Å²) in [5.41, 5.74) is 2.50. The van der Waals surface area contributed by atoms with Crippen molar-refractivity contribution >= 4 is 11.1 Å². The molecular formula is C28H22FNO5. The van der Waals surface area contributed by atoms with E-state index in [0.717, 1.165) is 0 Å². The van der Waals surface area contributed by atoms with E-state index in [0.29, 0.717) is 56.7 Å². The van der Waals surface area contributed by atoms with E-state index in [4.69, 9.17) is 23.4 Å². The number of halogens is 1. The Hall–Kier alpha value is -4.52. The lowest BCUT2D eigenvalue weighted by Gasteiger charge is -2.13. The molecular weight excluding hydrogens is 449 g/mol. The molecule has 0 radical (unpaired) electrons. The highest BCUT2D eigenvalue weighted by Gasteiger charge is 2.21. The number of hydrogen-bond donors (Lipinski definition) is 0. The van der Waals surface area contributed by atoms with Crippen molar-refractivity contribution < 1.29 is 27.8 Å². The minimum absolute atomic E-state index is 0.287. The highest BCUT2D eigenvalue weighted by molar-refractivity contribution is 5.94. The molecule has 0 fully saturated rings. The Labute approximate surface area is 201 Å². The van der Waals surface area contributed by atoms with Gasteiger partial charge < -0.3 is 23.4 Å². The molecule has 3 aromatic carbocycles. The summed E-state index contributed by atoms with van der Waals surface area (Å²) < 4.78 is 43.8. The molecule has 2 heterocycles. The Morgan fingerprint density at radius 1 is 0.771 bits per heavy atom. The monoisotopic (exact) mass is 471 g/mol. The number of nitrogens with zero attached hydrogens (tertiary/aromatic N) is 1. The lowest BCUT2D eigenvalue weighted by molar-refractivity contribution is 0.324. The second kappa shape index (κ2) is 9.38. The minimum atomic E-state index is -0.434. The SMILES string of the molecule is COc1cc(-c2cc3nccc(-c4c(F)cccc4Oc4ccccc4)c3o2)cc(OC)c1OC. The van der Waals surface area contributed by atoms with Crippen LogP contribution in [0.1, 0.15) is 0 Å². The van der Waals surface area contributed by atoms with Crippen molar-refractivity contribution in [1.29, 1.82) is 0 Å². The zero-order chi connectivity index (χ0) is 24.4. The van der Waals surface area contributed by atoms with Gasteiger partial charge >= 0.3 is 0 Å². The van der Waals surface area contributed by atoms with E-state index in [-0.39, 0.29) is 5.56 Å². The maximum absolute atomic E-state index is 15.2. The maximum Gasteiger partial charge on any atom is 0.203 e. The van der Waals surface area contributed by atoms with Crippen LogP contribution in [0.3, 0.4) is 0 Å². The Bertz CT molecular complexity index is 1470. The molecule has 35 heavy (non-hydrogen) atoms. The van der Waals surface area contributed by atoms with Crippen LogP contribution < -0.4 is 18.9 Å². The third-order valence-corrected chi connectivity index (χ3v) is 5.58. The molecule has 0 bridgehead atoms. The molecule has 0 aliphatic rings. The summed E-state index contributed by atoms with van der Waals surface area (Å²) in [6, 6.07) is 21.0. The molecule has 2 aromatic heterocycles. The van der Waals surface area contributed by atoms with Crippen molar-refractivity contribution in [3.8, 4) is 51.2 Å². The number of rotatable bonds is 7. The molecule has 7 heteroatoms. The van der Waals surface area contributed by atoms with E-state index >= 15 is 4.39 Å². The predicted octanol–water partition coefficient (Wildman–Crippen LogP) is 7.12. The molecule has 0 saturated heterocycles. The predicted molar refractivity (Wildman–Crippen MR) is 131 cm³/mol. The molecule has 5 rings (SSSR count). The second-order valence-corrected chi connectivity index (χ2v) is 7.63. The van der Waals surface area contributed by atoms with Crippen LogP contribution in [-0.2, 0) is 0 Å². The largest absolute Gasteiger partial charge is 0.493 e. The van der Waals surface area contributed by atoms with E-state index in [1.165, 1.54) is 6.07 Å². The van der Waals surface area contributed by atoms with Gasteiger partial charge in [-0.1, -0.05) is 24.3 Å². The van der Waals surface area contributed by atoms with Crippen molar-refractivity contribution in [3.05, 3.63) is 84.8 Å². The molecule has 6 nitrogen and oxygen atoms in total. The first-order chi connectivity index (χ1) is 17.1. The van der Waals surface area contributed by atoms with Gasteiger partial charge in [-0.25, -0.2) is 4.39 Å². The summed E-state index contributed by atoms with van der Waals surface area (Å²) in [5.74, 6) is 2.50. The van der Waals surface area contributed by atoms with Gasteiger partial charge in [-0.05, 0) is 42.5 Å². The van der Waals surface area contributed by atoms with Crippen LogP contribution in [0.4, 0.5) is 4.39 Å². The fraction of sp³-hybridized carbons (Fsp3) is 0.107. The molecule has 0 aliphatic carbocycles. The smallest absolute Gasteiger partial charge is 0.203 e. The standard InChI is InChI=1S/C28H22FNO5/c1-31-24-14-17(15-25(32-2)28(24)33-3)23-16-21-27(35-23)19(12-13-30-21)26-20(29)10-7-11-22(26)34-18-8-5-4-6-9-18/h4-16H,1-3H3. The summed E-state index contributed by atoms with van der Waals surface area (Å²) in [6.07, 6.45) is 1.62. The average Bonchev–Trinajstić information content (AvgIpc) is 3.33. The average molecular weight is 471 g/mol. The fourth-order valence-electron chi connectivity index (χ4n) is 3.97. The fourth-order valence-corrected chi connectivity index (χ4v) is 3.97. The second-order valence-electron chi connectivity index (χ2n) is 7.63. The number of ether oxygens (including phenoxy) is 4. The Morgan fingerprint density at radius 2 is 1.51 bits per heavy atom. The highest BCUT2D eigenvalue weighted by Crippen LogP contribution is 2.44. The molecule has 0 unspecified atom stereocenters. The normalized spacial score (nSPS) is 10.9. The van der Waals surface area contributed by atoms with Gasteiger partial charge in [-0.15, -0.1) is 0 Å². The van der Waals surface area contributed by atoms with Crippen LogP contribution in [0.5, 0.6) is 28.7 Å². The lowest BCUT2D eigenvalue weighted by atomic mass is 10.0. The minimum Gasteiger partial charge on any atom is -0.493 e. The molecule has 0 atom stereocenters. The van der Waals surface area contributed by atoms with Crippen molar-refractivity contribution in [1.82, 2.24) is 4.98 Å². The van der Waals surface area contributed by atoms with Crippen LogP contribution in [0, 0.1) is 5.82 Å². The van der Waals surface area contributed by atoms with E-state index in [2.05, 4.69) is 4.98 Å². The summed E-state index contributed by atoms with van der Waals surface area (Å²) in [4.78, 5) is 4.43.